The van der Waals surface area contributed by atoms with Crippen LogP contribution in [0.25, 0.3) is 0 Å². The molecule has 6 aliphatic rings. The number of carbonyl (C=O) groups excluding carboxylic acids is 1. The van der Waals surface area contributed by atoms with E-state index in [1.807, 2.05) is 6.08 Å². The van der Waals surface area contributed by atoms with Crippen molar-refractivity contribution >= 4 is 5.78 Å². The highest BCUT2D eigenvalue weighted by molar-refractivity contribution is 5.90. The van der Waals surface area contributed by atoms with Gasteiger partial charge < -0.3 is 0 Å². The van der Waals surface area contributed by atoms with Gasteiger partial charge in [-0.05, 0) is 25.2 Å². The molecule has 0 N–H and O–H groups in total. The summed E-state index contributed by atoms with van der Waals surface area (Å²) in [6.07, 6.45) is 35.6. The molecule has 0 radical (unpaired) electrons. The molecule has 0 aromatic rings. The lowest BCUT2D eigenvalue weighted by atomic mass is 9.72. The average molecular weight is 423 g/mol. The summed E-state index contributed by atoms with van der Waals surface area (Å²) in [5, 5.41) is 0. The zero-order chi connectivity index (χ0) is 21.8. The van der Waals surface area contributed by atoms with E-state index in [-0.39, 0.29) is 23.9 Å². The summed E-state index contributed by atoms with van der Waals surface area (Å²) in [5.41, 5.74) is 2.40. The van der Waals surface area contributed by atoms with Gasteiger partial charge in [-0.15, -0.1) is 0 Å². The molecular weight excluding hydrogens is 392 g/mol. The molecule has 4 aliphatic carbocycles. The Morgan fingerprint density at radius 2 is 1.12 bits per heavy atom. The van der Waals surface area contributed by atoms with E-state index in [0.717, 1.165) is 0 Å². The molecule has 0 spiro atoms. The SMILES string of the molecule is CN1C2C=CC=CC2C=CC2C=C(C3=CC4C(=O)C5C=CC=CC5N(C)C4C=C3)C=CC21. The van der Waals surface area contributed by atoms with E-state index < -0.39 is 0 Å². The van der Waals surface area contributed by atoms with Gasteiger partial charge in [0.1, 0.15) is 5.78 Å². The minimum Gasteiger partial charge on any atom is -0.298 e. The first-order valence-corrected chi connectivity index (χ1v) is 11.8. The Bertz CT molecular complexity index is 1090. The van der Waals surface area contributed by atoms with Crippen molar-refractivity contribution in [3.8, 4) is 0 Å². The van der Waals surface area contributed by atoms with Crippen molar-refractivity contribution in [2.24, 2.45) is 23.7 Å². The molecule has 32 heavy (non-hydrogen) atoms. The maximum absolute atomic E-state index is 13.4. The third kappa shape index (κ3) is 3.07. The summed E-state index contributed by atoms with van der Waals surface area (Å²) >= 11 is 0. The standard InChI is InChI=1S/C29H30N2O/c1-30-25-9-5-3-7-19(25)11-12-22-17-20(13-15-26(22)30)21-14-16-28-24(18-21)29(32)23-8-4-6-10-27(23)31(28)2/h3-19,22-28H,1-2H3. The van der Waals surface area contributed by atoms with E-state index in [1.54, 1.807) is 0 Å². The summed E-state index contributed by atoms with van der Waals surface area (Å²) in [6, 6.07) is 1.06. The largest absolute Gasteiger partial charge is 0.298 e. The van der Waals surface area contributed by atoms with Crippen molar-refractivity contribution in [2.45, 2.75) is 24.2 Å². The molecule has 3 nitrogen and oxygen atoms in total. The normalized spacial score (nSPS) is 42.0. The summed E-state index contributed by atoms with van der Waals surface area (Å²) in [5.74, 6) is 0.972. The Morgan fingerprint density at radius 3 is 1.97 bits per heavy atom. The van der Waals surface area contributed by atoms with Gasteiger partial charge in [-0.1, -0.05) is 97.2 Å². The molecule has 162 valence electrons. The summed E-state index contributed by atoms with van der Waals surface area (Å²) in [4.78, 5) is 18.2. The highest BCUT2D eigenvalue weighted by Crippen LogP contribution is 2.39. The second-order valence-electron chi connectivity index (χ2n) is 9.79. The van der Waals surface area contributed by atoms with Gasteiger partial charge in [0.05, 0.1) is 11.8 Å². The fourth-order valence-corrected chi connectivity index (χ4v) is 6.28. The molecule has 3 heteroatoms. The van der Waals surface area contributed by atoms with Crippen molar-refractivity contribution < 1.29 is 4.79 Å². The summed E-state index contributed by atoms with van der Waals surface area (Å²) in [6.45, 7) is 0. The van der Waals surface area contributed by atoms with E-state index in [0.29, 0.717) is 29.7 Å². The molecule has 0 aromatic heterocycles. The molecule has 8 atom stereocenters. The lowest BCUT2D eigenvalue weighted by molar-refractivity contribution is -0.130. The van der Waals surface area contributed by atoms with Gasteiger partial charge in [0, 0.05) is 36.0 Å². The topological polar surface area (TPSA) is 23.6 Å². The Balaban J connectivity index is 1.29. The lowest BCUT2D eigenvalue weighted by Gasteiger charge is -2.46. The number of likely N-dealkylation sites (tertiary alicyclic amines) is 1. The second kappa shape index (κ2) is 7.68. The van der Waals surface area contributed by atoms with Crippen molar-refractivity contribution in [1.82, 2.24) is 9.80 Å². The number of piperidine rings is 1. The molecule has 2 aliphatic heterocycles. The van der Waals surface area contributed by atoms with Crippen LogP contribution < -0.4 is 0 Å². The second-order valence-corrected chi connectivity index (χ2v) is 9.79. The summed E-state index contributed by atoms with van der Waals surface area (Å²) in [7, 11) is 4.38. The van der Waals surface area contributed by atoms with Crippen LogP contribution in [0.5, 0.6) is 0 Å². The molecule has 1 fully saturated rings. The van der Waals surface area contributed by atoms with Crippen LogP contribution in [0.15, 0.2) is 108 Å². The zero-order valence-electron chi connectivity index (χ0n) is 18.7. The predicted octanol–water partition coefficient (Wildman–Crippen LogP) is 4.19. The zero-order valence-corrected chi connectivity index (χ0v) is 18.7. The molecule has 0 aromatic carbocycles. The maximum atomic E-state index is 13.4. The molecule has 0 saturated carbocycles. The van der Waals surface area contributed by atoms with Crippen LogP contribution >= 0.6 is 0 Å². The number of likely N-dealkylation sites (N-methyl/N-ethyl adjacent to an activating group) is 2. The van der Waals surface area contributed by atoms with E-state index in [2.05, 4.69) is 115 Å². The van der Waals surface area contributed by atoms with Crippen molar-refractivity contribution in [3.05, 3.63) is 108 Å². The first kappa shape index (κ1) is 19.9. The van der Waals surface area contributed by atoms with Crippen molar-refractivity contribution in [2.75, 3.05) is 14.1 Å². The first-order valence-electron chi connectivity index (χ1n) is 11.8. The van der Waals surface area contributed by atoms with Crippen LogP contribution in [-0.2, 0) is 4.79 Å². The third-order valence-corrected chi connectivity index (χ3v) is 8.12. The molecule has 6 rings (SSSR count). The van der Waals surface area contributed by atoms with Gasteiger partial charge >= 0.3 is 0 Å². The highest BCUT2D eigenvalue weighted by atomic mass is 16.1. The van der Waals surface area contributed by atoms with Crippen LogP contribution in [0.1, 0.15) is 0 Å². The van der Waals surface area contributed by atoms with Gasteiger partial charge in [0.2, 0.25) is 0 Å². The Morgan fingerprint density at radius 1 is 0.562 bits per heavy atom. The van der Waals surface area contributed by atoms with Gasteiger partial charge in [0.15, 0.2) is 0 Å². The van der Waals surface area contributed by atoms with E-state index in [9.17, 15) is 4.79 Å². The number of rotatable bonds is 1. The van der Waals surface area contributed by atoms with Crippen LogP contribution in [-0.4, -0.2) is 53.8 Å². The third-order valence-electron chi connectivity index (χ3n) is 8.12. The van der Waals surface area contributed by atoms with Gasteiger partial charge in [-0.2, -0.15) is 0 Å². The fraction of sp³-hybridized carbons (Fsp3) is 0.345. The van der Waals surface area contributed by atoms with E-state index in [1.165, 1.54) is 11.1 Å². The maximum Gasteiger partial charge on any atom is 0.150 e. The number of allylic oxidation sites excluding steroid dienone is 8. The number of ketones is 1. The minimum absolute atomic E-state index is 0.0431. The first-order chi connectivity index (χ1) is 15.6. The molecule has 0 amide bonds. The highest BCUT2D eigenvalue weighted by Gasteiger charge is 2.45. The van der Waals surface area contributed by atoms with Crippen LogP contribution in [0, 0.1) is 23.7 Å². The Labute approximate surface area is 190 Å². The minimum atomic E-state index is -0.0880. The number of fused-ring (bicyclic) bond motifs is 4. The van der Waals surface area contributed by atoms with Gasteiger partial charge in [-0.3, -0.25) is 14.6 Å². The Hall–Kier alpha value is -2.75. The lowest BCUT2D eigenvalue weighted by Crippen LogP contribution is -2.56. The Kier molecular flexibility index (Phi) is 4.78. The van der Waals surface area contributed by atoms with Crippen molar-refractivity contribution in [1.29, 1.82) is 0 Å². The molecule has 8 unspecified atom stereocenters. The van der Waals surface area contributed by atoms with Crippen LogP contribution in [0.2, 0.25) is 0 Å². The number of carbonyl (C=O) groups is 1. The van der Waals surface area contributed by atoms with Crippen LogP contribution in [0.4, 0.5) is 0 Å². The number of Topliss-reactive ketones (excluding diaryl/α,β-unsaturated/α-hetero) is 1. The molecule has 0 bridgehead atoms. The fourth-order valence-electron chi connectivity index (χ4n) is 6.28. The average Bonchev–Trinajstić information content (AvgIpc) is 2.99. The summed E-state index contributed by atoms with van der Waals surface area (Å²) < 4.78 is 0. The molecule has 1 saturated heterocycles. The van der Waals surface area contributed by atoms with Gasteiger partial charge in [-0.25, -0.2) is 0 Å². The number of nitrogens with zero attached hydrogens (tertiary/aromatic N) is 2. The number of hydrogen-bond donors (Lipinski definition) is 0. The van der Waals surface area contributed by atoms with Gasteiger partial charge in [0.25, 0.3) is 0 Å². The monoisotopic (exact) mass is 422 g/mol. The smallest absolute Gasteiger partial charge is 0.150 e. The quantitative estimate of drug-likeness (QED) is 0.592. The van der Waals surface area contributed by atoms with E-state index >= 15 is 0 Å². The number of hydrogen-bond acceptors (Lipinski definition) is 3. The van der Waals surface area contributed by atoms with Crippen molar-refractivity contribution in [3.63, 3.8) is 0 Å². The van der Waals surface area contributed by atoms with Crippen LogP contribution in [0.3, 0.4) is 0 Å². The predicted molar refractivity (Wildman–Crippen MR) is 130 cm³/mol. The molecule has 2 heterocycles. The van der Waals surface area contributed by atoms with E-state index in [4.69, 9.17) is 0 Å². The molecular formula is C29H30N2O.